The van der Waals surface area contributed by atoms with E-state index >= 15 is 0 Å². The Morgan fingerprint density at radius 2 is 2.12 bits per heavy atom. The number of halogens is 1. The predicted molar refractivity (Wildman–Crippen MR) is 60.2 cm³/mol. The van der Waals surface area contributed by atoms with E-state index in [9.17, 15) is 9.90 Å². The number of hydrogen-bond donors (Lipinski definition) is 2. The molecule has 1 aromatic carbocycles. The number of carboxylic acid groups (broad SMARTS) is 1. The van der Waals surface area contributed by atoms with E-state index in [1.807, 2.05) is 0 Å². The average molecular weight is 245 g/mol. The van der Waals surface area contributed by atoms with E-state index < -0.39 is 11.6 Å². The van der Waals surface area contributed by atoms with Crippen LogP contribution in [0.2, 0.25) is 5.02 Å². The number of carbonyl (C=O) groups is 1. The van der Waals surface area contributed by atoms with Crippen LogP contribution in [0.15, 0.2) is 18.2 Å². The van der Waals surface area contributed by atoms with Gasteiger partial charge in [0.25, 0.3) is 0 Å². The van der Waals surface area contributed by atoms with E-state index in [0.29, 0.717) is 0 Å². The maximum atomic E-state index is 10.9. The van der Waals surface area contributed by atoms with Crippen LogP contribution in [-0.2, 0) is 0 Å². The Hall–Kier alpha value is -1.26. The summed E-state index contributed by atoms with van der Waals surface area (Å²) in [5, 5.41) is 18.5. The van der Waals surface area contributed by atoms with Crippen LogP contribution in [0, 0.1) is 0 Å². The lowest BCUT2D eigenvalue weighted by Gasteiger charge is -2.18. The maximum absolute atomic E-state index is 10.9. The van der Waals surface area contributed by atoms with Gasteiger partial charge in [0.2, 0.25) is 0 Å². The molecule has 0 fully saturated rings. The fourth-order valence-electron chi connectivity index (χ4n) is 1.09. The minimum Gasteiger partial charge on any atom is -0.490 e. The van der Waals surface area contributed by atoms with E-state index in [4.69, 9.17) is 21.4 Å². The lowest BCUT2D eigenvalue weighted by atomic mass is 10.1. The van der Waals surface area contributed by atoms with Gasteiger partial charge in [0.05, 0.1) is 10.6 Å². The van der Waals surface area contributed by atoms with Crippen LogP contribution in [0.3, 0.4) is 0 Å². The SMILES string of the molecule is CC(C)(O)COc1cccc(Cl)c1C(=O)O. The van der Waals surface area contributed by atoms with Gasteiger partial charge in [-0.15, -0.1) is 0 Å². The second kappa shape index (κ2) is 4.72. The maximum Gasteiger partial charge on any atom is 0.341 e. The summed E-state index contributed by atoms with van der Waals surface area (Å²) < 4.78 is 5.23. The molecule has 0 aromatic heterocycles. The van der Waals surface area contributed by atoms with Gasteiger partial charge in [-0.05, 0) is 26.0 Å². The number of rotatable bonds is 4. The van der Waals surface area contributed by atoms with Crippen molar-refractivity contribution in [2.45, 2.75) is 19.4 Å². The molecule has 0 aliphatic carbocycles. The number of carboxylic acids is 1. The molecule has 5 heteroatoms. The zero-order valence-electron chi connectivity index (χ0n) is 9.03. The van der Waals surface area contributed by atoms with Crippen molar-refractivity contribution in [1.29, 1.82) is 0 Å². The van der Waals surface area contributed by atoms with Crippen LogP contribution in [0.4, 0.5) is 0 Å². The van der Waals surface area contributed by atoms with E-state index in [1.165, 1.54) is 12.1 Å². The van der Waals surface area contributed by atoms with Crippen molar-refractivity contribution in [1.82, 2.24) is 0 Å². The minimum absolute atomic E-state index is 0.00633. The lowest BCUT2D eigenvalue weighted by Crippen LogP contribution is -2.28. The van der Waals surface area contributed by atoms with Gasteiger partial charge in [0.1, 0.15) is 17.9 Å². The molecule has 1 rings (SSSR count). The zero-order chi connectivity index (χ0) is 12.3. The zero-order valence-corrected chi connectivity index (χ0v) is 9.78. The van der Waals surface area contributed by atoms with Crippen molar-refractivity contribution in [3.8, 4) is 5.75 Å². The Morgan fingerprint density at radius 1 is 1.50 bits per heavy atom. The summed E-state index contributed by atoms with van der Waals surface area (Å²) in [6.45, 7) is 3.13. The molecule has 0 aliphatic rings. The van der Waals surface area contributed by atoms with Gasteiger partial charge in [-0.25, -0.2) is 4.79 Å². The number of hydrogen-bond acceptors (Lipinski definition) is 3. The molecule has 16 heavy (non-hydrogen) atoms. The van der Waals surface area contributed by atoms with Crippen LogP contribution in [-0.4, -0.2) is 28.4 Å². The van der Waals surface area contributed by atoms with Crippen molar-refractivity contribution >= 4 is 17.6 Å². The predicted octanol–water partition coefficient (Wildman–Crippen LogP) is 2.19. The average Bonchev–Trinajstić information content (AvgIpc) is 2.12. The molecule has 0 radical (unpaired) electrons. The van der Waals surface area contributed by atoms with Crippen molar-refractivity contribution in [3.05, 3.63) is 28.8 Å². The molecule has 0 amide bonds. The first-order chi connectivity index (χ1) is 7.31. The summed E-state index contributed by atoms with van der Waals surface area (Å²) >= 11 is 5.75. The largest absolute Gasteiger partial charge is 0.490 e. The van der Waals surface area contributed by atoms with E-state index in [1.54, 1.807) is 19.9 Å². The van der Waals surface area contributed by atoms with Crippen LogP contribution < -0.4 is 4.74 Å². The number of aromatic carboxylic acids is 1. The lowest BCUT2D eigenvalue weighted by molar-refractivity contribution is 0.0275. The molecular formula is C11H13ClO4. The van der Waals surface area contributed by atoms with Crippen molar-refractivity contribution in [3.63, 3.8) is 0 Å². The van der Waals surface area contributed by atoms with Gasteiger partial charge in [0.15, 0.2) is 0 Å². The molecule has 0 saturated heterocycles. The molecule has 88 valence electrons. The Morgan fingerprint density at radius 3 is 2.62 bits per heavy atom. The van der Waals surface area contributed by atoms with E-state index in [0.717, 1.165) is 0 Å². The summed E-state index contributed by atoms with van der Waals surface area (Å²) in [6.07, 6.45) is 0. The third-order valence-corrected chi connectivity index (χ3v) is 2.09. The molecule has 0 bridgehead atoms. The highest BCUT2D eigenvalue weighted by molar-refractivity contribution is 6.33. The molecule has 0 unspecified atom stereocenters. The highest BCUT2D eigenvalue weighted by atomic mass is 35.5. The van der Waals surface area contributed by atoms with Crippen LogP contribution >= 0.6 is 11.6 Å². The summed E-state index contributed by atoms with van der Waals surface area (Å²) in [4.78, 5) is 10.9. The third kappa shape index (κ3) is 3.40. The van der Waals surface area contributed by atoms with Gasteiger partial charge in [-0.2, -0.15) is 0 Å². The highest BCUT2D eigenvalue weighted by Gasteiger charge is 2.19. The molecule has 0 spiro atoms. The third-order valence-electron chi connectivity index (χ3n) is 1.77. The Bertz CT molecular complexity index is 395. The normalized spacial score (nSPS) is 11.2. The fourth-order valence-corrected chi connectivity index (χ4v) is 1.33. The molecule has 0 saturated carbocycles. The second-order valence-corrected chi connectivity index (χ2v) is 4.43. The Balaban J connectivity index is 2.96. The van der Waals surface area contributed by atoms with E-state index in [-0.39, 0.29) is 22.9 Å². The Labute approximate surface area is 98.4 Å². The first kappa shape index (κ1) is 12.8. The first-order valence-electron chi connectivity index (χ1n) is 4.68. The van der Waals surface area contributed by atoms with Crippen LogP contribution in [0.5, 0.6) is 5.75 Å². The van der Waals surface area contributed by atoms with Crippen molar-refractivity contribution in [2.75, 3.05) is 6.61 Å². The number of benzene rings is 1. The summed E-state index contributed by atoms with van der Waals surface area (Å²) in [5.41, 5.74) is -1.12. The Kier molecular flexibility index (Phi) is 3.78. The molecule has 0 atom stereocenters. The highest BCUT2D eigenvalue weighted by Crippen LogP contribution is 2.26. The molecular weight excluding hydrogens is 232 g/mol. The summed E-state index contributed by atoms with van der Waals surface area (Å²) in [5.74, 6) is -1.00. The minimum atomic E-state index is -1.16. The van der Waals surface area contributed by atoms with E-state index in [2.05, 4.69) is 0 Å². The van der Waals surface area contributed by atoms with Gasteiger partial charge < -0.3 is 14.9 Å². The summed E-state index contributed by atoms with van der Waals surface area (Å²) in [6, 6.07) is 4.57. The molecule has 0 aliphatic heterocycles. The number of ether oxygens (including phenoxy) is 1. The standard InChI is InChI=1S/C11H13ClO4/c1-11(2,15)6-16-8-5-3-4-7(12)9(8)10(13)14/h3-5,15H,6H2,1-2H3,(H,13,14). The quantitative estimate of drug-likeness (QED) is 0.852. The smallest absolute Gasteiger partial charge is 0.341 e. The molecule has 2 N–H and O–H groups in total. The van der Waals surface area contributed by atoms with Crippen molar-refractivity contribution < 1.29 is 19.7 Å². The monoisotopic (exact) mass is 244 g/mol. The molecule has 1 aromatic rings. The van der Waals surface area contributed by atoms with Crippen molar-refractivity contribution in [2.24, 2.45) is 0 Å². The van der Waals surface area contributed by atoms with Gasteiger partial charge in [0, 0.05) is 0 Å². The van der Waals surface area contributed by atoms with Gasteiger partial charge in [-0.3, -0.25) is 0 Å². The molecule has 4 nitrogen and oxygen atoms in total. The second-order valence-electron chi connectivity index (χ2n) is 4.02. The summed E-state index contributed by atoms with van der Waals surface area (Å²) in [7, 11) is 0. The van der Waals surface area contributed by atoms with Crippen LogP contribution in [0.25, 0.3) is 0 Å². The van der Waals surface area contributed by atoms with Gasteiger partial charge >= 0.3 is 5.97 Å². The first-order valence-corrected chi connectivity index (χ1v) is 5.06. The van der Waals surface area contributed by atoms with Crippen LogP contribution in [0.1, 0.15) is 24.2 Å². The molecule has 0 heterocycles. The van der Waals surface area contributed by atoms with Gasteiger partial charge in [-0.1, -0.05) is 17.7 Å². The topological polar surface area (TPSA) is 66.8 Å². The fraction of sp³-hybridized carbons (Fsp3) is 0.364. The number of aliphatic hydroxyl groups is 1.